The number of rotatable bonds is 9. The molecule has 2 aromatic heterocycles. The second kappa shape index (κ2) is 9.90. The summed E-state index contributed by atoms with van der Waals surface area (Å²) in [6, 6.07) is 5.52. The van der Waals surface area contributed by atoms with Crippen LogP contribution in [-0.2, 0) is 11.3 Å². The summed E-state index contributed by atoms with van der Waals surface area (Å²) in [5.74, 6) is 1.65. The van der Waals surface area contributed by atoms with Gasteiger partial charge in [-0.1, -0.05) is 19.9 Å². The van der Waals surface area contributed by atoms with E-state index in [-0.39, 0.29) is 18.2 Å². The summed E-state index contributed by atoms with van der Waals surface area (Å²) in [5.41, 5.74) is 1.52. The van der Waals surface area contributed by atoms with Gasteiger partial charge in [-0.05, 0) is 43.9 Å². The van der Waals surface area contributed by atoms with Gasteiger partial charge in [-0.3, -0.25) is 14.6 Å². The van der Waals surface area contributed by atoms with E-state index in [0.29, 0.717) is 42.6 Å². The van der Waals surface area contributed by atoms with Crippen LogP contribution < -0.4 is 5.32 Å². The van der Waals surface area contributed by atoms with Crippen LogP contribution in [-0.4, -0.2) is 34.8 Å². The Labute approximate surface area is 161 Å². The summed E-state index contributed by atoms with van der Waals surface area (Å²) >= 11 is 0. The topological polar surface area (TPSA) is 75.4 Å². The third-order valence-electron chi connectivity index (χ3n) is 4.36. The minimum Gasteiger partial charge on any atom is -0.466 e. The van der Waals surface area contributed by atoms with Gasteiger partial charge in [-0.15, -0.1) is 0 Å². The van der Waals surface area contributed by atoms with Crippen molar-refractivity contribution in [3.63, 3.8) is 0 Å². The predicted molar refractivity (Wildman–Crippen MR) is 104 cm³/mol. The van der Waals surface area contributed by atoms with E-state index in [1.807, 2.05) is 19.1 Å². The average Bonchev–Trinajstić information content (AvgIpc) is 2.98. The Balaban J connectivity index is 1.94. The Hall–Kier alpha value is -2.63. The molecule has 1 N–H and O–H groups in total. The molecular weight excluding hydrogens is 342 g/mol. The molecule has 0 aliphatic carbocycles. The molecule has 0 fully saturated rings. The fourth-order valence-corrected chi connectivity index (χ4v) is 2.77. The number of aromatic nitrogens is 1. The number of hydrogen-bond acceptors (Lipinski definition) is 4. The third kappa shape index (κ3) is 6.55. The van der Waals surface area contributed by atoms with Crippen LogP contribution in [0, 0.1) is 19.8 Å². The van der Waals surface area contributed by atoms with Crippen LogP contribution in [0.25, 0.3) is 0 Å². The highest BCUT2D eigenvalue weighted by Crippen LogP contribution is 2.17. The molecule has 0 aromatic carbocycles. The number of nitrogens with one attached hydrogen (secondary N) is 1. The number of amides is 2. The smallest absolute Gasteiger partial charge is 0.257 e. The van der Waals surface area contributed by atoms with Crippen LogP contribution in [0.2, 0.25) is 0 Å². The fourth-order valence-electron chi connectivity index (χ4n) is 2.77. The van der Waals surface area contributed by atoms with E-state index in [4.69, 9.17) is 4.42 Å². The maximum Gasteiger partial charge on any atom is 0.257 e. The van der Waals surface area contributed by atoms with Crippen molar-refractivity contribution in [3.8, 4) is 0 Å². The first-order valence-corrected chi connectivity index (χ1v) is 9.38. The van der Waals surface area contributed by atoms with E-state index in [1.165, 1.54) is 0 Å². The molecule has 0 aliphatic heterocycles. The number of nitrogens with zero attached hydrogens (tertiary/aromatic N) is 2. The highest BCUT2D eigenvalue weighted by atomic mass is 16.3. The van der Waals surface area contributed by atoms with Crippen LogP contribution in [0.1, 0.15) is 54.1 Å². The van der Waals surface area contributed by atoms with Gasteiger partial charge >= 0.3 is 0 Å². The van der Waals surface area contributed by atoms with Crippen molar-refractivity contribution in [2.45, 2.75) is 47.1 Å². The number of carbonyl (C=O) groups is 2. The Morgan fingerprint density at radius 2 is 2.04 bits per heavy atom. The molecule has 2 rings (SSSR count). The lowest BCUT2D eigenvalue weighted by molar-refractivity contribution is -0.121. The zero-order chi connectivity index (χ0) is 19.8. The molecule has 0 atom stereocenters. The molecule has 6 nitrogen and oxygen atoms in total. The fraction of sp³-hybridized carbons (Fsp3) is 0.476. The molecule has 27 heavy (non-hydrogen) atoms. The van der Waals surface area contributed by atoms with E-state index < -0.39 is 0 Å². The largest absolute Gasteiger partial charge is 0.466 e. The standard InChI is InChI=1S/C21H29N3O3/c1-15(2)7-10-24(21(26)19-12-16(3)27-17(19)4)11-8-20(25)23-14-18-6-5-9-22-13-18/h5-6,9,12-13,15H,7-8,10-11,14H2,1-4H3,(H,23,25). The first-order chi connectivity index (χ1) is 12.9. The number of hydrogen-bond donors (Lipinski definition) is 1. The van der Waals surface area contributed by atoms with E-state index >= 15 is 0 Å². The maximum atomic E-state index is 12.9. The van der Waals surface area contributed by atoms with Crippen molar-refractivity contribution >= 4 is 11.8 Å². The number of furan rings is 1. The van der Waals surface area contributed by atoms with E-state index in [2.05, 4.69) is 24.1 Å². The normalized spacial score (nSPS) is 10.9. The summed E-state index contributed by atoms with van der Waals surface area (Å²) < 4.78 is 5.49. The lowest BCUT2D eigenvalue weighted by Crippen LogP contribution is -2.36. The lowest BCUT2D eigenvalue weighted by Gasteiger charge is -2.23. The summed E-state index contributed by atoms with van der Waals surface area (Å²) in [7, 11) is 0. The zero-order valence-corrected chi connectivity index (χ0v) is 16.6. The van der Waals surface area contributed by atoms with Crippen molar-refractivity contribution in [2.75, 3.05) is 13.1 Å². The van der Waals surface area contributed by atoms with Gasteiger partial charge < -0.3 is 14.6 Å². The zero-order valence-electron chi connectivity index (χ0n) is 16.6. The summed E-state index contributed by atoms with van der Waals surface area (Å²) in [5, 5.41) is 2.88. The molecule has 0 aliphatic rings. The van der Waals surface area contributed by atoms with Crippen molar-refractivity contribution < 1.29 is 14.0 Å². The van der Waals surface area contributed by atoms with Crippen LogP contribution in [0.3, 0.4) is 0 Å². The Kier molecular flexibility index (Phi) is 7.58. The van der Waals surface area contributed by atoms with Crippen molar-refractivity contribution in [1.82, 2.24) is 15.2 Å². The van der Waals surface area contributed by atoms with E-state index in [0.717, 1.165) is 12.0 Å². The highest BCUT2D eigenvalue weighted by Gasteiger charge is 2.21. The molecule has 0 radical (unpaired) electrons. The van der Waals surface area contributed by atoms with Gasteiger partial charge in [0.1, 0.15) is 11.5 Å². The van der Waals surface area contributed by atoms with E-state index in [1.54, 1.807) is 30.3 Å². The Bertz CT molecular complexity index is 753. The van der Waals surface area contributed by atoms with Crippen molar-refractivity contribution in [3.05, 3.63) is 53.2 Å². The molecule has 146 valence electrons. The molecule has 2 heterocycles. The minimum absolute atomic E-state index is 0.0786. The average molecular weight is 371 g/mol. The SMILES string of the molecule is Cc1cc(C(=O)N(CCC(=O)NCc2cccnc2)CCC(C)C)c(C)o1. The van der Waals surface area contributed by atoms with Gasteiger partial charge in [-0.2, -0.15) is 0 Å². The van der Waals surface area contributed by atoms with Crippen molar-refractivity contribution in [1.29, 1.82) is 0 Å². The Morgan fingerprint density at radius 1 is 1.26 bits per heavy atom. The number of aryl methyl sites for hydroxylation is 2. The van der Waals surface area contributed by atoms with Crippen LogP contribution in [0.4, 0.5) is 0 Å². The molecule has 0 saturated carbocycles. The molecule has 0 saturated heterocycles. The van der Waals surface area contributed by atoms with Gasteiger partial charge in [0.25, 0.3) is 5.91 Å². The highest BCUT2D eigenvalue weighted by molar-refractivity contribution is 5.95. The van der Waals surface area contributed by atoms with Gasteiger partial charge in [0, 0.05) is 38.4 Å². The molecule has 0 bridgehead atoms. The minimum atomic E-state index is -0.0821. The Morgan fingerprint density at radius 3 is 2.63 bits per heavy atom. The maximum absolute atomic E-state index is 12.9. The lowest BCUT2D eigenvalue weighted by atomic mass is 10.1. The van der Waals surface area contributed by atoms with Crippen molar-refractivity contribution in [2.24, 2.45) is 5.92 Å². The summed E-state index contributed by atoms with van der Waals surface area (Å²) in [6.45, 7) is 9.30. The molecule has 0 unspecified atom stereocenters. The predicted octanol–water partition coefficient (Wildman–Crippen LogP) is 3.49. The molecule has 2 amide bonds. The summed E-state index contributed by atoms with van der Waals surface area (Å²) in [6.07, 6.45) is 4.57. The monoisotopic (exact) mass is 371 g/mol. The molecule has 6 heteroatoms. The van der Waals surface area contributed by atoms with Gasteiger partial charge in [0.05, 0.1) is 5.56 Å². The van der Waals surface area contributed by atoms with Gasteiger partial charge in [0.15, 0.2) is 0 Å². The molecule has 0 spiro atoms. The van der Waals surface area contributed by atoms with Crippen LogP contribution in [0.5, 0.6) is 0 Å². The first-order valence-electron chi connectivity index (χ1n) is 9.38. The quantitative estimate of drug-likeness (QED) is 0.732. The first kappa shape index (κ1) is 20.7. The summed E-state index contributed by atoms with van der Waals surface area (Å²) in [4.78, 5) is 30.9. The third-order valence-corrected chi connectivity index (χ3v) is 4.36. The molecular formula is C21H29N3O3. The van der Waals surface area contributed by atoms with E-state index in [9.17, 15) is 9.59 Å². The second-order valence-corrected chi connectivity index (χ2v) is 7.19. The number of pyridine rings is 1. The van der Waals surface area contributed by atoms with Crippen LogP contribution >= 0.6 is 0 Å². The van der Waals surface area contributed by atoms with Crippen LogP contribution in [0.15, 0.2) is 35.0 Å². The molecule has 2 aromatic rings. The second-order valence-electron chi connectivity index (χ2n) is 7.19. The van der Waals surface area contributed by atoms with Gasteiger partial charge in [-0.25, -0.2) is 0 Å². The number of carbonyl (C=O) groups excluding carboxylic acids is 2. The van der Waals surface area contributed by atoms with Gasteiger partial charge in [0.2, 0.25) is 5.91 Å².